The molecule has 0 aliphatic rings. The molecule has 2 aromatic rings. The molecule has 0 atom stereocenters. The van der Waals surface area contributed by atoms with E-state index in [0.29, 0.717) is 0 Å². The van der Waals surface area contributed by atoms with Gasteiger partial charge in [-0.25, -0.2) is 0 Å². The quantitative estimate of drug-likeness (QED) is 0.412. The monoisotopic (exact) mass is 358 g/mol. The maximum atomic E-state index is 6.29. The Morgan fingerprint density at radius 1 is 0.720 bits per heavy atom. The molecule has 0 N–H and O–H groups in total. The number of hydrogen-bond donors (Lipinski definition) is 0. The Hall–Kier alpha value is -1.56. The van der Waals surface area contributed by atoms with Crippen LogP contribution in [0.15, 0.2) is 49.1 Å². The number of aryl methyl sites for hydroxylation is 2. The van der Waals surface area contributed by atoms with Crippen LogP contribution < -0.4 is 0 Å². The predicted molar refractivity (Wildman–Crippen MR) is 104 cm³/mol. The molecule has 0 bridgehead atoms. The van der Waals surface area contributed by atoms with Crippen molar-refractivity contribution in [1.29, 1.82) is 0 Å². The van der Waals surface area contributed by atoms with Gasteiger partial charge in [-0.2, -0.15) is 0 Å². The minimum atomic E-state index is -2.04. The summed E-state index contributed by atoms with van der Waals surface area (Å²) < 4.78 is 12.6. The Bertz CT molecular complexity index is 527. The fourth-order valence-corrected chi connectivity index (χ4v) is 5.30. The lowest BCUT2D eigenvalue weighted by Crippen LogP contribution is -2.41. The van der Waals surface area contributed by atoms with Crippen molar-refractivity contribution in [3.8, 4) is 0 Å². The highest BCUT2D eigenvalue weighted by Crippen LogP contribution is 2.20. The summed E-state index contributed by atoms with van der Waals surface area (Å²) in [4.78, 5) is 8.11. The molecule has 0 saturated carbocycles. The van der Waals surface area contributed by atoms with E-state index >= 15 is 0 Å². The highest BCUT2D eigenvalue weighted by molar-refractivity contribution is 6.67. The van der Waals surface area contributed by atoms with Gasteiger partial charge in [0.25, 0.3) is 0 Å². The van der Waals surface area contributed by atoms with Crippen molar-refractivity contribution in [1.82, 2.24) is 9.97 Å². The van der Waals surface area contributed by atoms with Crippen LogP contribution in [0.4, 0.5) is 0 Å². The maximum absolute atomic E-state index is 6.29. The van der Waals surface area contributed by atoms with E-state index < -0.39 is 8.56 Å². The van der Waals surface area contributed by atoms with Crippen LogP contribution in [-0.2, 0) is 21.7 Å². The van der Waals surface area contributed by atoms with Gasteiger partial charge in [-0.15, -0.1) is 0 Å². The molecule has 4 nitrogen and oxygen atoms in total. The zero-order valence-electron chi connectivity index (χ0n) is 15.5. The highest BCUT2D eigenvalue weighted by atomic mass is 28.4. The van der Waals surface area contributed by atoms with Gasteiger partial charge < -0.3 is 8.85 Å². The summed E-state index contributed by atoms with van der Waals surface area (Å²) in [5.74, 6) is 0. The number of nitrogens with zero attached hydrogens (tertiary/aromatic N) is 2. The Labute approximate surface area is 152 Å². The van der Waals surface area contributed by atoms with Crippen LogP contribution in [-0.4, -0.2) is 31.7 Å². The van der Waals surface area contributed by atoms with Gasteiger partial charge >= 0.3 is 8.56 Å². The van der Waals surface area contributed by atoms with Crippen LogP contribution in [0, 0.1) is 0 Å². The molecule has 0 fully saturated rings. The van der Waals surface area contributed by atoms with Crippen LogP contribution in [0.5, 0.6) is 0 Å². The maximum Gasteiger partial charge on any atom is 0.337 e. The number of hydrogen-bond acceptors (Lipinski definition) is 4. The van der Waals surface area contributed by atoms with Crippen molar-refractivity contribution in [3.05, 3.63) is 60.2 Å². The Morgan fingerprint density at radius 3 is 1.48 bits per heavy atom. The molecule has 0 saturated heterocycles. The molecule has 5 heteroatoms. The lowest BCUT2D eigenvalue weighted by Gasteiger charge is -2.29. The molecular formula is C20H30N2O2Si. The molecule has 0 spiro atoms. The topological polar surface area (TPSA) is 44.2 Å². The molecule has 0 aliphatic carbocycles. The molecule has 136 valence electrons. The van der Waals surface area contributed by atoms with Gasteiger partial charge in [0, 0.05) is 38.0 Å². The third-order valence-electron chi connectivity index (χ3n) is 4.53. The number of rotatable bonds is 12. The first-order chi connectivity index (χ1) is 12.3. The molecule has 0 aliphatic heterocycles. The molecule has 25 heavy (non-hydrogen) atoms. The first-order valence-electron chi connectivity index (χ1n) is 9.33. The Balaban J connectivity index is 1.69. The third kappa shape index (κ3) is 7.06. The van der Waals surface area contributed by atoms with Gasteiger partial charge in [-0.05, 0) is 73.2 Å². The van der Waals surface area contributed by atoms with Crippen LogP contribution in [0.3, 0.4) is 0 Å². The van der Waals surface area contributed by atoms with Crippen molar-refractivity contribution in [2.45, 2.75) is 51.6 Å². The molecule has 0 radical (unpaired) electrons. The fourth-order valence-electron chi connectivity index (χ4n) is 2.87. The summed E-state index contributed by atoms with van der Waals surface area (Å²) >= 11 is 0. The first kappa shape index (κ1) is 19.8. The zero-order valence-corrected chi connectivity index (χ0v) is 16.5. The summed E-state index contributed by atoms with van der Waals surface area (Å²) in [6, 6.07) is 10.3. The van der Waals surface area contributed by atoms with Gasteiger partial charge in [-0.1, -0.05) is 13.8 Å². The Kier molecular flexibility index (Phi) is 8.80. The smallest absolute Gasteiger partial charge is 0.337 e. The SMILES string of the molecule is CC[Si](CC)(OCCCc1ccncc1)OCCCc1ccncc1. The van der Waals surface area contributed by atoms with Gasteiger partial charge in [0.05, 0.1) is 0 Å². The van der Waals surface area contributed by atoms with Crippen molar-refractivity contribution in [2.24, 2.45) is 0 Å². The summed E-state index contributed by atoms with van der Waals surface area (Å²) in [6.07, 6.45) is 11.5. The minimum Gasteiger partial charge on any atom is -0.394 e. The summed E-state index contributed by atoms with van der Waals surface area (Å²) in [5.41, 5.74) is 2.63. The molecule has 0 aromatic carbocycles. The molecule has 2 aromatic heterocycles. The molecule has 2 heterocycles. The summed E-state index contributed by atoms with van der Waals surface area (Å²) in [6.45, 7) is 5.95. The average Bonchev–Trinajstić information content (AvgIpc) is 2.69. The Morgan fingerprint density at radius 2 is 1.12 bits per heavy atom. The molecule has 2 rings (SSSR count). The van der Waals surface area contributed by atoms with Crippen LogP contribution >= 0.6 is 0 Å². The lowest BCUT2D eigenvalue weighted by atomic mass is 10.1. The fraction of sp³-hybridized carbons (Fsp3) is 0.500. The van der Waals surface area contributed by atoms with Crippen LogP contribution in [0.25, 0.3) is 0 Å². The van der Waals surface area contributed by atoms with Crippen molar-refractivity contribution >= 4 is 8.56 Å². The van der Waals surface area contributed by atoms with Crippen molar-refractivity contribution in [2.75, 3.05) is 13.2 Å². The normalized spacial score (nSPS) is 11.6. The second kappa shape index (κ2) is 11.1. The van der Waals surface area contributed by atoms with E-state index in [-0.39, 0.29) is 0 Å². The van der Waals surface area contributed by atoms with E-state index in [0.717, 1.165) is 51.0 Å². The largest absolute Gasteiger partial charge is 0.394 e. The van der Waals surface area contributed by atoms with E-state index in [1.54, 1.807) is 0 Å². The predicted octanol–water partition coefficient (Wildman–Crippen LogP) is 4.56. The van der Waals surface area contributed by atoms with Crippen molar-refractivity contribution < 1.29 is 8.85 Å². The summed E-state index contributed by atoms with van der Waals surface area (Å²) in [5, 5.41) is 0. The molecular weight excluding hydrogens is 328 g/mol. The zero-order chi connectivity index (χ0) is 17.8. The van der Waals surface area contributed by atoms with Gasteiger partial charge in [0.2, 0.25) is 0 Å². The highest BCUT2D eigenvalue weighted by Gasteiger charge is 2.33. The number of pyridine rings is 2. The van der Waals surface area contributed by atoms with E-state index in [2.05, 4.69) is 48.1 Å². The lowest BCUT2D eigenvalue weighted by molar-refractivity contribution is 0.165. The van der Waals surface area contributed by atoms with Crippen LogP contribution in [0.2, 0.25) is 12.1 Å². The first-order valence-corrected chi connectivity index (χ1v) is 11.6. The molecule has 0 amide bonds. The summed E-state index contributed by atoms with van der Waals surface area (Å²) in [7, 11) is -2.04. The average molecular weight is 359 g/mol. The van der Waals surface area contributed by atoms with Gasteiger partial charge in [-0.3, -0.25) is 9.97 Å². The number of aromatic nitrogens is 2. The second-order valence-electron chi connectivity index (χ2n) is 6.23. The van der Waals surface area contributed by atoms with Crippen molar-refractivity contribution in [3.63, 3.8) is 0 Å². The minimum absolute atomic E-state index is 0.778. The van der Waals surface area contributed by atoms with E-state index in [4.69, 9.17) is 8.85 Å². The standard InChI is InChI=1S/C20H30N2O2Si/c1-3-25(4-2,23-17-5-7-19-9-13-21-14-10-19)24-18-6-8-20-11-15-22-16-12-20/h9-16H,3-8,17-18H2,1-2H3. The van der Waals surface area contributed by atoms with E-state index in [1.807, 2.05) is 24.8 Å². The van der Waals surface area contributed by atoms with Gasteiger partial charge in [0.15, 0.2) is 0 Å². The second-order valence-corrected chi connectivity index (χ2v) is 10.0. The molecule has 0 unspecified atom stereocenters. The third-order valence-corrected chi connectivity index (χ3v) is 8.14. The van der Waals surface area contributed by atoms with E-state index in [9.17, 15) is 0 Å². The van der Waals surface area contributed by atoms with Gasteiger partial charge in [0.1, 0.15) is 0 Å². The van der Waals surface area contributed by atoms with E-state index in [1.165, 1.54) is 11.1 Å². The van der Waals surface area contributed by atoms with Crippen LogP contribution in [0.1, 0.15) is 37.8 Å².